The van der Waals surface area contributed by atoms with Crippen molar-refractivity contribution >= 4 is 17.4 Å². The number of piperazine rings is 1. The fourth-order valence-electron chi connectivity index (χ4n) is 3.11. The van der Waals surface area contributed by atoms with Crippen LogP contribution in [-0.4, -0.2) is 66.2 Å². The summed E-state index contributed by atoms with van der Waals surface area (Å²) in [5.41, 5.74) is 0.941. The number of aromatic nitrogens is 1. The molecule has 7 heteroatoms. The Labute approximate surface area is 135 Å². The van der Waals surface area contributed by atoms with E-state index in [4.69, 9.17) is 4.74 Å². The summed E-state index contributed by atoms with van der Waals surface area (Å²) in [4.78, 5) is 21.0. The molecule has 3 rings (SSSR count). The normalized spacial score (nSPS) is 21.0. The number of aryl methyl sites for hydroxylation is 1. The first-order valence-electron chi connectivity index (χ1n) is 7.98. The van der Waals surface area contributed by atoms with Crippen LogP contribution in [-0.2, 0) is 11.3 Å². The molecule has 0 aromatic carbocycles. The lowest BCUT2D eigenvalue weighted by molar-refractivity contribution is 0.0187. The highest BCUT2D eigenvalue weighted by Crippen LogP contribution is 2.16. The Morgan fingerprint density at radius 2 is 2.09 bits per heavy atom. The van der Waals surface area contributed by atoms with Gasteiger partial charge in [-0.1, -0.05) is 0 Å². The average Bonchev–Trinajstić information content (AvgIpc) is 2.99. The zero-order valence-corrected chi connectivity index (χ0v) is 13.9. The van der Waals surface area contributed by atoms with E-state index >= 15 is 0 Å². The van der Waals surface area contributed by atoms with Crippen LogP contribution in [0.25, 0.3) is 0 Å². The van der Waals surface area contributed by atoms with Crippen molar-refractivity contribution in [3.63, 3.8) is 0 Å². The SMILES string of the molecule is Cc1nc(CNC(=O)N2CCN(C3CCOCC3)CC2)cs1. The maximum atomic E-state index is 12.2. The van der Waals surface area contributed by atoms with E-state index in [9.17, 15) is 4.79 Å². The standard InChI is InChI=1S/C15H24N4O2S/c1-12-17-13(11-22-12)10-16-15(20)19-6-4-18(5-7-19)14-2-8-21-9-3-14/h11,14H,2-10H2,1H3,(H,16,20). The van der Waals surface area contributed by atoms with Gasteiger partial charge in [-0.15, -0.1) is 11.3 Å². The summed E-state index contributed by atoms with van der Waals surface area (Å²) < 4.78 is 5.42. The van der Waals surface area contributed by atoms with Gasteiger partial charge in [0.05, 0.1) is 17.2 Å². The molecule has 2 amide bonds. The Hall–Kier alpha value is -1.18. The van der Waals surface area contributed by atoms with Gasteiger partial charge in [0.25, 0.3) is 0 Å². The number of urea groups is 1. The number of amides is 2. The molecule has 0 saturated carbocycles. The molecule has 6 nitrogen and oxygen atoms in total. The van der Waals surface area contributed by atoms with Gasteiger partial charge in [0, 0.05) is 50.8 Å². The van der Waals surface area contributed by atoms with Crippen LogP contribution in [0.1, 0.15) is 23.5 Å². The van der Waals surface area contributed by atoms with Gasteiger partial charge in [-0.3, -0.25) is 4.90 Å². The second kappa shape index (κ2) is 7.39. The Balaban J connectivity index is 1.41. The van der Waals surface area contributed by atoms with Gasteiger partial charge in [-0.2, -0.15) is 0 Å². The molecular formula is C15H24N4O2S. The number of hydrogen-bond acceptors (Lipinski definition) is 5. The van der Waals surface area contributed by atoms with E-state index in [1.807, 2.05) is 17.2 Å². The highest BCUT2D eigenvalue weighted by molar-refractivity contribution is 7.09. The lowest BCUT2D eigenvalue weighted by Gasteiger charge is -2.40. The van der Waals surface area contributed by atoms with Crippen LogP contribution in [0.3, 0.4) is 0 Å². The van der Waals surface area contributed by atoms with Crippen LogP contribution in [0.2, 0.25) is 0 Å². The number of hydrogen-bond donors (Lipinski definition) is 1. The third kappa shape index (κ3) is 3.97. The van der Waals surface area contributed by atoms with Gasteiger partial charge in [-0.05, 0) is 19.8 Å². The third-order valence-electron chi connectivity index (χ3n) is 4.40. The minimum Gasteiger partial charge on any atom is -0.381 e. The Kier molecular flexibility index (Phi) is 5.28. The highest BCUT2D eigenvalue weighted by Gasteiger charge is 2.27. The summed E-state index contributed by atoms with van der Waals surface area (Å²) in [5, 5.41) is 6.00. The van der Waals surface area contributed by atoms with Crippen LogP contribution in [0.15, 0.2) is 5.38 Å². The van der Waals surface area contributed by atoms with E-state index in [2.05, 4.69) is 15.2 Å². The average molecular weight is 324 g/mol. The lowest BCUT2D eigenvalue weighted by atomic mass is 10.1. The van der Waals surface area contributed by atoms with E-state index in [1.165, 1.54) is 0 Å². The zero-order valence-electron chi connectivity index (χ0n) is 13.1. The molecule has 0 aliphatic carbocycles. The van der Waals surface area contributed by atoms with Crippen molar-refractivity contribution in [3.05, 3.63) is 16.1 Å². The topological polar surface area (TPSA) is 57.7 Å². The van der Waals surface area contributed by atoms with E-state index in [-0.39, 0.29) is 6.03 Å². The second-order valence-corrected chi connectivity index (χ2v) is 6.95. The molecule has 3 heterocycles. The molecule has 1 aromatic heterocycles. The van der Waals surface area contributed by atoms with Crippen molar-refractivity contribution in [2.75, 3.05) is 39.4 Å². The molecule has 122 valence electrons. The summed E-state index contributed by atoms with van der Waals surface area (Å²) in [5.74, 6) is 0. The van der Waals surface area contributed by atoms with Gasteiger partial charge in [-0.25, -0.2) is 9.78 Å². The molecular weight excluding hydrogens is 300 g/mol. The quantitative estimate of drug-likeness (QED) is 0.914. The molecule has 22 heavy (non-hydrogen) atoms. The summed E-state index contributed by atoms with van der Waals surface area (Å²) in [6.45, 7) is 7.78. The van der Waals surface area contributed by atoms with E-state index < -0.39 is 0 Å². The minimum atomic E-state index is 0.0253. The van der Waals surface area contributed by atoms with Crippen molar-refractivity contribution in [1.82, 2.24) is 20.1 Å². The van der Waals surface area contributed by atoms with Crippen molar-refractivity contribution < 1.29 is 9.53 Å². The Morgan fingerprint density at radius 1 is 1.36 bits per heavy atom. The molecule has 2 aliphatic rings. The van der Waals surface area contributed by atoms with E-state index in [1.54, 1.807) is 11.3 Å². The number of carbonyl (C=O) groups is 1. The number of nitrogens with one attached hydrogen (secondary N) is 1. The molecule has 0 unspecified atom stereocenters. The summed E-state index contributed by atoms with van der Waals surface area (Å²) in [6, 6.07) is 0.661. The maximum absolute atomic E-state index is 12.2. The Bertz CT molecular complexity index is 493. The van der Waals surface area contributed by atoms with Gasteiger partial charge in [0.15, 0.2) is 0 Å². The first kappa shape index (κ1) is 15.7. The molecule has 2 fully saturated rings. The predicted octanol–water partition coefficient (Wildman–Crippen LogP) is 1.46. The molecule has 0 bridgehead atoms. The Morgan fingerprint density at radius 3 is 2.73 bits per heavy atom. The van der Waals surface area contributed by atoms with Crippen LogP contribution in [0.4, 0.5) is 4.79 Å². The minimum absolute atomic E-state index is 0.0253. The number of nitrogens with zero attached hydrogens (tertiary/aromatic N) is 3. The fraction of sp³-hybridized carbons (Fsp3) is 0.733. The highest BCUT2D eigenvalue weighted by atomic mass is 32.1. The van der Waals surface area contributed by atoms with Gasteiger partial charge in [0.1, 0.15) is 0 Å². The van der Waals surface area contributed by atoms with Gasteiger partial charge < -0.3 is 15.0 Å². The third-order valence-corrected chi connectivity index (χ3v) is 5.22. The second-order valence-electron chi connectivity index (χ2n) is 5.88. The monoisotopic (exact) mass is 324 g/mol. The smallest absolute Gasteiger partial charge is 0.317 e. The molecule has 0 atom stereocenters. The molecule has 0 radical (unpaired) electrons. The summed E-state index contributed by atoms with van der Waals surface area (Å²) in [6.07, 6.45) is 2.24. The number of carbonyl (C=O) groups excluding carboxylic acids is 1. The van der Waals surface area contributed by atoms with Crippen LogP contribution < -0.4 is 5.32 Å². The van der Waals surface area contributed by atoms with Crippen LogP contribution in [0, 0.1) is 6.92 Å². The van der Waals surface area contributed by atoms with Crippen LogP contribution in [0.5, 0.6) is 0 Å². The van der Waals surface area contributed by atoms with Crippen molar-refractivity contribution in [3.8, 4) is 0 Å². The van der Waals surface area contributed by atoms with Crippen molar-refractivity contribution in [1.29, 1.82) is 0 Å². The lowest BCUT2D eigenvalue weighted by Crippen LogP contribution is -2.54. The predicted molar refractivity (Wildman–Crippen MR) is 86.1 cm³/mol. The molecule has 2 aliphatic heterocycles. The molecule has 2 saturated heterocycles. The first-order chi connectivity index (χ1) is 10.7. The number of rotatable bonds is 3. The molecule has 1 aromatic rings. The van der Waals surface area contributed by atoms with Crippen molar-refractivity contribution in [2.24, 2.45) is 0 Å². The van der Waals surface area contributed by atoms with E-state index in [0.29, 0.717) is 12.6 Å². The molecule has 1 N–H and O–H groups in total. The number of ether oxygens (including phenoxy) is 1. The summed E-state index contributed by atoms with van der Waals surface area (Å²) >= 11 is 1.61. The largest absolute Gasteiger partial charge is 0.381 e. The van der Waals surface area contributed by atoms with Gasteiger partial charge in [0.2, 0.25) is 0 Å². The first-order valence-corrected chi connectivity index (χ1v) is 8.86. The van der Waals surface area contributed by atoms with Gasteiger partial charge >= 0.3 is 6.03 Å². The van der Waals surface area contributed by atoms with E-state index in [0.717, 1.165) is 62.9 Å². The molecule has 0 spiro atoms. The summed E-state index contributed by atoms with van der Waals surface area (Å²) in [7, 11) is 0. The van der Waals surface area contributed by atoms with Crippen LogP contribution >= 0.6 is 11.3 Å². The number of thiazole rings is 1. The fourth-order valence-corrected chi connectivity index (χ4v) is 3.72. The maximum Gasteiger partial charge on any atom is 0.317 e. The zero-order chi connectivity index (χ0) is 15.4. The van der Waals surface area contributed by atoms with Crippen molar-refractivity contribution in [2.45, 2.75) is 32.4 Å².